The van der Waals surface area contributed by atoms with E-state index in [1.54, 1.807) is 17.7 Å². The topological polar surface area (TPSA) is 64.4 Å². The summed E-state index contributed by atoms with van der Waals surface area (Å²) in [7, 11) is 1.57. The molecule has 0 bridgehead atoms. The van der Waals surface area contributed by atoms with Crippen molar-refractivity contribution in [2.45, 2.75) is 36.7 Å². The van der Waals surface area contributed by atoms with Gasteiger partial charge in [0.2, 0.25) is 5.91 Å². The summed E-state index contributed by atoms with van der Waals surface area (Å²) in [6.45, 7) is 3.93. The highest BCUT2D eigenvalue weighted by atomic mass is 32.2. The van der Waals surface area contributed by atoms with Gasteiger partial charge in [0.15, 0.2) is 5.16 Å². The van der Waals surface area contributed by atoms with E-state index in [2.05, 4.69) is 13.0 Å². The minimum atomic E-state index is -0.456. The van der Waals surface area contributed by atoms with E-state index < -0.39 is 5.25 Å². The molecule has 2 atom stereocenters. The van der Waals surface area contributed by atoms with Crippen LogP contribution < -0.4 is 15.2 Å². The summed E-state index contributed by atoms with van der Waals surface area (Å²) in [6.07, 6.45) is 0.833. The van der Waals surface area contributed by atoms with E-state index in [1.165, 1.54) is 17.3 Å². The number of hydrogen-bond donors (Lipinski definition) is 0. The lowest BCUT2D eigenvalue weighted by Gasteiger charge is -2.26. The average molecular weight is 472 g/mol. The van der Waals surface area contributed by atoms with Crippen LogP contribution >= 0.6 is 11.8 Å². The van der Waals surface area contributed by atoms with Gasteiger partial charge in [0.25, 0.3) is 5.56 Å². The Balaban J connectivity index is 1.59. The summed E-state index contributed by atoms with van der Waals surface area (Å²) >= 11 is 1.29. The van der Waals surface area contributed by atoms with Crippen molar-refractivity contribution < 1.29 is 9.53 Å². The van der Waals surface area contributed by atoms with Crippen molar-refractivity contribution in [3.63, 3.8) is 0 Å². The Morgan fingerprint density at radius 1 is 1.03 bits per heavy atom. The van der Waals surface area contributed by atoms with Crippen molar-refractivity contribution in [1.29, 1.82) is 0 Å². The smallest absolute Gasteiger partial charge is 0.266 e. The molecule has 3 aromatic carbocycles. The zero-order valence-electron chi connectivity index (χ0n) is 19.3. The summed E-state index contributed by atoms with van der Waals surface area (Å²) in [5.74, 6) is 0.557. The molecular weight excluding hydrogens is 446 g/mol. The predicted octanol–water partition coefficient (Wildman–Crippen LogP) is 4.85. The van der Waals surface area contributed by atoms with Gasteiger partial charge in [0.1, 0.15) is 5.75 Å². The number of fused-ring (bicyclic) bond motifs is 2. The molecule has 0 N–H and O–H groups in total. The molecule has 6 nitrogen and oxygen atoms in total. The van der Waals surface area contributed by atoms with E-state index in [4.69, 9.17) is 9.72 Å². The van der Waals surface area contributed by atoms with Gasteiger partial charge in [-0.1, -0.05) is 54.2 Å². The lowest BCUT2D eigenvalue weighted by Crippen LogP contribution is -2.40. The molecule has 2 heterocycles. The third kappa shape index (κ3) is 3.76. The summed E-state index contributed by atoms with van der Waals surface area (Å²) in [5.41, 5.74) is 3.13. The predicted molar refractivity (Wildman–Crippen MR) is 136 cm³/mol. The fourth-order valence-corrected chi connectivity index (χ4v) is 5.49. The Morgan fingerprint density at radius 3 is 2.50 bits per heavy atom. The number of anilines is 1. The van der Waals surface area contributed by atoms with Crippen LogP contribution in [-0.2, 0) is 11.2 Å². The van der Waals surface area contributed by atoms with Crippen LogP contribution in [0.15, 0.2) is 82.7 Å². The third-order valence-electron chi connectivity index (χ3n) is 6.15. The van der Waals surface area contributed by atoms with Crippen molar-refractivity contribution in [3.05, 3.63) is 88.7 Å². The number of carbonyl (C=O) groups excluding carboxylic acids is 1. The number of hydrogen-bond acceptors (Lipinski definition) is 5. The highest BCUT2D eigenvalue weighted by Gasteiger charge is 2.34. The molecule has 5 rings (SSSR count). The molecule has 0 unspecified atom stereocenters. The molecule has 0 saturated carbocycles. The quantitative estimate of drug-likeness (QED) is 0.307. The maximum atomic E-state index is 13.6. The standard InChI is InChI=1S/C27H25N3O3S/c1-17-16-19-10-4-7-13-22(19)29(17)25(31)18(2)34-27-28-21-12-6-5-11-20(21)26(32)30(27)23-14-8-9-15-24(23)33-3/h4-15,17-18H,16H2,1-3H3/t17-,18+/m0/s1. The molecule has 172 valence electrons. The Bertz CT molecular complexity index is 1450. The maximum absolute atomic E-state index is 13.6. The number of benzene rings is 3. The molecule has 1 aliphatic rings. The number of aromatic nitrogens is 2. The highest BCUT2D eigenvalue weighted by molar-refractivity contribution is 8.00. The first kappa shape index (κ1) is 22.2. The van der Waals surface area contributed by atoms with Gasteiger partial charge in [0, 0.05) is 11.7 Å². The largest absolute Gasteiger partial charge is 0.495 e. The molecule has 0 aliphatic carbocycles. The third-order valence-corrected chi connectivity index (χ3v) is 7.19. The van der Waals surface area contributed by atoms with Gasteiger partial charge in [-0.3, -0.25) is 14.2 Å². The molecule has 1 aromatic heterocycles. The number of thioether (sulfide) groups is 1. The van der Waals surface area contributed by atoms with Crippen LogP contribution in [0.2, 0.25) is 0 Å². The molecule has 1 amide bonds. The minimum absolute atomic E-state index is 0.00330. The molecule has 1 aliphatic heterocycles. The SMILES string of the molecule is COc1ccccc1-n1c(S[C@H](C)C(=O)N2c3ccccc3C[C@@H]2C)nc2ccccc2c1=O. The van der Waals surface area contributed by atoms with Crippen molar-refractivity contribution >= 4 is 34.3 Å². The van der Waals surface area contributed by atoms with Gasteiger partial charge in [-0.2, -0.15) is 0 Å². The first-order valence-electron chi connectivity index (χ1n) is 11.2. The van der Waals surface area contributed by atoms with Crippen molar-refractivity contribution in [1.82, 2.24) is 9.55 Å². The van der Waals surface area contributed by atoms with Crippen LogP contribution in [0, 0.1) is 0 Å². The van der Waals surface area contributed by atoms with Crippen LogP contribution in [0.3, 0.4) is 0 Å². The van der Waals surface area contributed by atoms with Crippen LogP contribution in [0.4, 0.5) is 5.69 Å². The van der Waals surface area contributed by atoms with Gasteiger partial charge < -0.3 is 9.64 Å². The second-order valence-corrected chi connectivity index (χ2v) is 9.68. The number of carbonyl (C=O) groups is 1. The molecule has 0 saturated heterocycles. The highest BCUT2D eigenvalue weighted by Crippen LogP contribution is 2.35. The van der Waals surface area contributed by atoms with Crippen molar-refractivity contribution in [2.75, 3.05) is 12.0 Å². The molecule has 7 heteroatoms. The van der Waals surface area contributed by atoms with Gasteiger partial charge in [-0.15, -0.1) is 0 Å². The number of rotatable bonds is 5. The van der Waals surface area contributed by atoms with Gasteiger partial charge in [-0.05, 0) is 56.2 Å². The minimum Gasteiger partial charge on any atom is -0.495 e. The molecule has 0 spiro atoms. The number of methoxy groups -OCH3 is 1. The average Bonchev–Trinajstić information content (AvgIpc) is 3.19. The van der Waals surface area contributed by atoms with E-state index in [0.29, 0.717) is 27.5 Å². The summed E-state index contributed by atoms with van der Waals surface area (Å²) in [5, 5.41) is 0.510. The zero-order valence-corrected chi connectivity index (χ0v) is 20.1. The summed E-state index contributed by atoms with van der Waals surface area (Å²) in [6, 6.07) is 22.7. The number of nitrogens with zero attached hydrogens (tertiary/aromatic N) is 3. The monoisotopic (exact) mass is 471 g/mol. The molecule has 34 heavy (non-hydrogen) atoms. The van der Waals surface area contributed by atoms with Crippen molar-refractivity contribution in [2.24, 2.45) is 0 Å². The molecule has 0 radical (unpaired) electrons. The molecule has 0 fully saturated rings. The van der Waals surface area contributed by atoms with Crippen LogP contribution in [0.5, 0.6) is 5.75 Å². The lowest BCUT2D eigenvalue weighted by molar-refractivity contribution is -0.118. The van der Waals surface area contributed by atoms with Gasteiger partial charge in [0.05, 0.1) is 29.0 Å². The van der Waals surface area contributed by atoms with E-state index in [9.17, 15) is 9.59 Å². The number of para-hydroxylation sites is 4. The first-order valence-corrected chi connectivity index (χ1v) is 12.1. The fraction of sp³-hybridized carbons (Fsp3) is 0.222. The van der Waals surface area contributed by atoms with E-state index in [0.717, 1.165) is 12.1 Å². The zero-order chi connectivity index (χ0) is 23.8. The lowest BCUT2D eigenvalue weighted by atomic mass is 10.1. The fourth-order valence-electron chi connectivity index (χ4n) is 4.52. The normalized spacial score (nSPS) is 15.9. The van der Waals surface area contributed by atoms with Gasteiger partial charge >= 0.3 is 0 Å². The Hall–Kier alpha value is -3.58. The van der Waals surface area contributed by atoms with E-state index >= 15 is 0 Å². The number of ether oxygens (including phenoxy) is 1. The maximum Gasteiger partial charge on any atom is 0.266 e. The number of amides is 1. The Kier molecular flexibility index (Phi) is 5.87. The van der Waals surface area contributed by atoms with Crippen LogP contribution in [0.25, 0.3) is 16.6 Å². The van der Waals surface area contributed by atoms with E-state index in [1.807, 2.05) is 72.5 Å². The summed E-state index contributed by atoms with van der Waals surface area (Å²) < 4.78 is 7.09. The molecule has 4 aromatic rings. The van der Waals surface area contributed by atoms with Gasteiger partial charge in [-0.25, -0.2) is 4.98 Å². The summed E-state index contributed by atoms with van der Waals surface area (Å²) in [4.78, 5) is 33.9. The first-order chi connectivity index (χ1) is 16.5. The van der Waals surface area contributed by atoms with Crippen LogP contribution in [0.1, 0.15) is 19.4 Å². The Morgan fingerprint density at radius 2 is 1.71 bits per heavy atom. The second kappa shape index (κ2) is 8.99. The Labute approximate surface area is 202 Å². The van der Waals surface area contributed by atoms with Crippen LogP contribution in [-0.4, -0.2) is 33.9 Å². The second-order valence-electron chi connectivity index (χ2n) is 8.37. The van der Waals surface area contributed by atoms with Crippen molar-refractivity contribution in [3.8, 4) is 11.4 Å². The molecular formula is C27H25N3O3S. The van der Waals surface area contributed by atoms with E-state index in [-0.39, 0.29) is 17.5 Å².